The molecule has 0 amide bonds. The molecule has 0 saturated carbocycles. The Balaban J connectivity index is 2.18. The molecular formula is C37H67NO13. The van der Waals surface area contributed by atoms with Crippen LogP contribution in [0.4, 0.5) is 0 Å². The fraction of sp³-hybridized carbons (Fsp3) is 0.946. The van der Waals surface area contributed by atoms with E-state index in [1.165, 1.54) is 27.9 Å². The minimum absolute atomic E-state index is 0.0936. The molecule has 0 aromatic heterocycles. The number of carbonyl (C=O) groups is 2. The molecule has 51 heavy (non-hydrogen) atoms. The van der Waals surface area contributed by atoms with Crippen molar-refractivity contribution in [3.8, 4) is 0 Å². The lowest BCUT2D eigenvalue weighted by atomic mass is 9.74. The Morgan fingerprint density at radius 3 is 2.04 bits per heavy atom. The summed E-state index contributed by atoms with van der Waals surface area (Å²) in [6, 6.07) is -0.324. The molecule has 3 heterocycles. The summed E-state index contributed by atoms with van der Waals surface area (Å²) >= 11 is 0. The van der Waals surface area contributed by atoms with Crippen molar-refractivity contribution in [2.75, 3.05) is 21.2 Å². The molecule has 0 radical (unpaired) electrons. The summed E-state index contributed by atoms with van der Waals surface area (Å²) in [5.41, 5.74) is -4.84. The number of carbonyl (C=O) groups excluding carboxylic acids is 2. The van der Waals surface area contributed by atoms with E-state index in [1.54, 1.807) is 41.5 Å². The second kappa shape index (κ2) is 17.0. The van der Waals surface area contributed by atoms with Crippen molar-refractivity contribution in [1.29, 1.82) is 0 Å². The predicted octanol–water partition coefficient (Wildman–Crippen LogP) is 1.79. The Bertz CT molecular complexity index is 1170. The highest BCUT2D eigenvalue weighted by Gasteiger charge is 2.53. The Morgan fingerprint density at radius 1 is 0.882 bits per heavy atom. The molecule has 2 unspecified atom stereocenters. The van der Waals surface area contributed by atoms with Crippen LogP contribution in [0.1, 0.15) is 94.9 Å². The van der Waals surface area contributed by atoms with Crippen LogP contribution in [0, 0.1) is 23.7 Å². The first kappa shape index (κ1) is 44.1. The number of rotatable bonds is 7. The highest BCUT2D eigenvalue weighted by molar-refractivity contribution is 5.83. The number of nitrogens with zero attached hydrogens (tertiary/aromatic N) is 1. The Kier molecular flexibility index (Phi) is 14.7. The maximum Gasteiger partial charge on any atom is 0.311 e. The van der Waals surface area contributed by atoms with Gasteiger partial charge in [-0.3, -0.25) is 9.59 Å². The van der Waals surface area contributed by atoms with Crippen molar-refractivity contribution in [2.24, 2.45) is 23.7 Å². The van der Waals surface area contributed by atoms with Gasteiger partial charge in [-0.25, -0.2) is 0 Å². The minimum atomic E-state index is -1.99. The Morgan fingerprint density at radius 2 is 1.49 bits per heavy atom. The van der Waals surface area contributed by atoms with Crippen molar-refractivity contribution >= 4 is 11.8 Å². The summed E-state index contributed by atoms with van der Waals surface area (Å²) in [7, 11) is 5.18. The van der Waals surface area contributed by atoms with E-state index in [0.717, 1.165) is 0 Å². The number of ether oxygens (including phenoxy) is 6. The maximum atomic E-state index is 14.1. The fourth-order valence-corrected chi connectivity index (χ4v) is 8.41. The van der Waals surface area contributed by atoms with E-state index in [1.807, 2.05) is 25.9 Å². The van der Waals surface area contributed by atoms with Gasteiger partial charge in [0.25, 0.3) is 0 Å². The van der Waals surface area contributed by atoms with Crippen molar-refractivity contribution in [3.63, 3.8) is 0 Å². The molecule has 14 heteroatoms. The zero-order chi connectivity index (χ0) is 39.0. The van der Waals surface area contributed by atoms with E-state index in [9.17, 15) is 35.1 Å². The second-order valence-corrected chi connectivity index (χ2v) is 16.5. The molecule has 18 atom stereocenters. The third-order valence-electron chi connectivity index (χ3n) is 11.8. The van der Waals surface area contributed by atoms with Crippen LogP contribution in [0.5, 0.6) is 0 Å². The number of hydrogen-bond donors (Lipinski definition) is 5. The molecule has 298 valence electrons. The molecule has 3 aliphatic rings. The summed E-state index contributed by atoms with van der Waals surface area (Å²) in [5, 5.41) is 57.6. The van der Waals surface area contributed by atoms with E-state index < -0.39 is 108 Å². The third-order valence-corrected chi connectivity index (χ3v) is 11.8. The number of esters is 1. The molecule has 3 rings (SSSR count). The first-order valence-corrected chi connectivity index (χ1v) is 18.5. The van der Waals surface area contributed by atoms with Gasteiger partial charge in [-0.1, -0.05) is 27.7 Å². The van der Waals surface area contributed by atoms with Gasteiger partial charge in [0.05, 0.1) is 47.6 Å². The van der Waals surface area contributed by atoms with Gasteiger partial charge in [-0.05, 0) is 74.9 Å². The van der Waals surface area contributed by atoms with Crippen molar-refractivity contribution in [1.82, 2.24) is 4.90 Å². The van der Waals surface area contributed by atoms with Crippen LogP contribution in [-0.2, 0) is 38.0 Å². The normalized spacial score (nSPS) is 49.7. The van der Waals surface area contributed by atoms with E-state index in [0.29, 0.717) is 6.42 Å². The summed E-state index contributed by atoms with van der Waals surface area (Å²) < 4.78 is 37.1. The van der Waals surface area contributed by atoms with Gasteiger partial charge < -0.3 is 58.9 Å². The summed E-state index contributed by atoms with van der Waals surface area (Å²) in [4.78, 5) is 29.8. The zero-order valence-corrected chi connectivity index (χ0v) is 32.9. The third kappa shape index (κ3) is 9.51. The van der Waals surface area contributed by atoms with Gasteiger partial charge in [-0.15, -0.1) is 0 Å². The van der Waals surface area contributed by atoms with Crippen molar-refractivity contribution in [2.45, 2.75) is 179 Å². The van der Waals surface area contributed by atoms with Gasteiger partial charge in [0.2, 0.25) is 0 Å². The van der Waals surface area contributed by atoms with Crippen LogP contribution in [0.2, 0.25) is 0 Å². The summed E-state index contributed by atoms with van der Waals surface area (Å²) in [6.45, 7) is 16.3. The average molecular weight is 734 g/mol. The van der Waals surface area contributed by atoms with E-state index in [4.69, 9.17) is 28.4 Å². The highest BCUT2D eigenvalue weighted by Crippen LogP contribution is 2.40. The van der Waals surface area contributed by atoms with Crippen molar-refractivity contribution < 1.29 is 63.5 Å². The number of cyclic esters (lactones) is 1. The van der Waals surface area contributed by atoms with Gasteiger partial charge >= 0.3 is 5.97 Å². The van der Waals surface area contributed by atoms with E-state index >= 15 is 0 Å². The first-order chi connectivity index (χ1) is 23.4. The molecule has 0 aromatic rings. The van der Waals surface area contributed by atoms with Crippen LogP contribution >= 0.6 is 0 Å². The minimum Gasteiger partial charge on any atom is -0.459 e. The fourth-order valence-electron chi connectivity index (χ4n) is 8.41. The second-order valence-electron chi connectivity index (χ2n) is 16.5. The smallest absolute Gasteiger partial charge is 0.311 e. The molecule has 3 aliphatic heterocycles. The van der Waals surface area contributed by atoms with Crippen LogP contribution in [0.25, 0.3) is 0 Å². The number of Topliss-reactive ketones (excluding diaryl/α,β-unsaturated/α-hetero) is 1. The van der Waals surface area contributed by atoms with Crippen LogP contribution in [-0.4, -0.2) is 148 Å². The van der Waals surface area contributed by atoms with E-state index in [2.05, 4.69) is 0 Å². The van der Waals surface area contributed by atoms with Gasteiger partial charge in [-0.2, -0.15) is 0 Å². The molecule has 0 aromatic carbocycles. The monoisotopic (exact) mass is 733 g/mol. The molecule has 0 bridgehead atoms. The van der Waals surface area contributed by atoms with Gasteiger partial charge in [0.15, 0.2) is 12.6 Å². The quantitative estimate of drug-likeness (QED) is 0.238. The average Bonchev–Trinajstić information content (AvgIpc) is 3.05. The van der Waals surface area contributed by atoms with Crippen molar-refractivity contribution in [3.05, 3.63) is 0 Å². The summed E-state index contributed by atoms with van der Waals surface area (Å²) in [5.74, 6) is -4.98. The van der Waals surface area contributed by atoms with Crippen LogP contribution < -0.4 is 0 Å². The van der Waals surface area contributed by atoms with Gasteiger partial charge in [0, 0.05) is 37.3 Å². The highest BCUT2D eigenvalue weighted by atomic mass is 16.7. The number of methoxy groups -OCH3 is 1. The van der Waals surface area contributed by atoms with Crippen LogP contribution in [0.3, 0.4) is 0 Å². The summed E-state index contributed by atoms with van der Waals surface area (Å²) in [6.07, 6.45) is -9.71. The SMILES string of the molecule is CC[C@H]1OC(=O)[C@H](C)[C@@H](O[C@H]2C[C@@](C)(OC)[C@@H](O)[C@H](C)O2)[C@H](C)[C@@H](OC2O[C@H](C)CC(N(C)C)[C@H]2O)[C@](C)(O)C[C@@H](C)C(=O)[C@H](C)[C@@H](O)[C@]1(C)O. The lowest BCUT2D eigenvalue weighted by Gasteiger charge is -2.49. The largest absolute Gasteiger partial charge is 0.459 e. The predicted molar refractivity (Wildman–Crippen MR) is 186 cm³/mol. The number of hydrogen-bond acceptors (Lipinski definition) is 14. The topological polar surface area (TPSA) is 194 Å². The molecule has 14 nitrogen and oxygen atoms in total. The Hall–Kier alpha value is -1.30. The van der Waals surface area contributed by atoms with Crippen LogP contribution in [0.15, 0.2) is 0 Å². The van der Waals surface area contributed by atoms with Gasteiger partial charge in [0.1, 0.15) is 29.7 Å². The lowest BCUT2D eigenvalue weighted by Crippen LogP contribution is -2.61. The Labute approximate surface area is 304 Å². The molecule has 0 spiro atoms. The number of ketones is 1. The standard InChI is InChI=1S/C37H67NO13/c1-14-25-37(10,45)30(41)20(4)27(39)18(2)16-35(8,44)32(51-34-28(40)24(38(11)12)15-19(3)47-34)21(5)29(22(6)33(43)49-25)50-26-17-36(9,46-13)31(42)23(7)48-26/h18-26,28-32,34,40-42,44-45H,14-17H2,1-13H3/t18-,19-,20+,21+,22-,23+,24?,25-,26+,28-,29+,30-,31+,32-,34?,35-,36-,37-/m1/s1. The number of likely N-dealkylation sites (N-methyl/N-ethyl adjacent to an activating group) is 1. The molecular weight excluding hydrogens is 666 g/mol. The molecule has 5 N–H and O–H groups in total. The first-order valence-electron chi connectivity index (χ1n) is 18.5. The zero-order valence-electron chi connectivity index (χ0n) is 32.9. The molecule has 3 saturated heterocycles. The lowest BCUT2D eigenvalue weighted by molar-refractivity contribution is -0.318. The number of aliphatic hydroxyl groups excluding tert-OH is 3. The maximum absolute atomic E-state index is 14.1. The molecule has 0 aliphatic carbocycles. The van der Waals surface area contributed by atoms with E-state index in [-0.39, 0.29) is 31.4 Å². The number of aliphatic hydroxyl groups is 5. The molecule has 3 fully saturated rings.